The van der Waals surface area contributed by atoms with Gasteiger partial charge in [-0.2, -0.15) is 0 Å². The lowest BCUT2D eigenvalue weighted by atomic mass is 9.75. The molecule has 0 aromatic heterocycles. The van der Waals surface area contributed by atoms with Crippen LogP contribution >= 0.6 is 0 Å². The molecule has 0 radical (unpaired) electrons. The van der Waals surface area contributed by atoms with Gasteiger partial charge in [-0.1, -0.05) is 85.1 Å². The highest BCUT2D eigenvalue weighted by Gasteiger charge is 2.49. The van der Waals surface area contributed by atoms with Crippen LogP contribution in [0.25, 0.3) is 0 Å². The number of nitrogens with zero attached hydrogens (tertiary/aromatic N) is 1. The first kappa shape index (κ1) is 29.0. The Morgan fingerprint density at radius 1 is 0.951 bits per heavy atom. The van der Waals surface area contributed by atoms with Crippen LogP contribution in [0.4, 0.5) is 0 Å². The van der Waals surface area contributed by atoms with Crippen LogP contribution in [-0.4, -0.2) is 43.5 Å². The first-order valence-electron chi connectivity index (χ1n) is 14.1. The van der Waals surface area contributed by atoms with Crippen molar-refractivity contribution < 1.29 is 22.8 Å². The molecule has 9 heteroatoms. The van der Waals surface area contributed by atoms with Crippen molar-refractivity contribution in [2.45, 2.75) is 70.2 Å². The minimum atomic E-state index is -3.52. The number of amides is 2. The normalized spacial score (nSPS) is 22.7. The molecule has 1 fully saturated rings. The van der Waals surface area contributed by atoms with Crippen LogP contribution in [0, 0.1) is 13.8 Å². The number of sulfonamides is 1. The van der Waals surface area contributed by atoms with Crippen molar-refractivity contribution in [2.75, 3.05) is 6.26 Å². The molecule has 3 aromatic rings. The molecular formula is C32H37N3O5S. The minimum Gasteiger partial charge on any atom is -0.326 e. The van der Waals surface area contributed by atoms with Gasteiger partial charge in [0.05, 0.1) is 24.8 Å². The highest BCUT2D eigenvalue weighted by atomic mass is 32.2. The Balaban J connectivity index is 1.60. The number of rotatable bonds is 8. The van der Waals surface area contributed by atoms with Crippen molar-refractivity contribution in [1.29, 1.82) is 0 Å². The molecule has 0 saturated heterocycles. The third-order valence-electron chi connectivity index (χ3n) is 8.11. The first-order valence-corrected chi connectivity index (χ1v) is 15.9. The van der Waals surface area contributed by atoms with E-state index in [4.69, 9.17) is 4.84 Å². The summed E-state index contributed by atoms with van der Waals surface area (Å²) in [6.07, 6.45) is 4.09. The number of hydrogen-bond acceptors (Lipinski definition) is 5. The van der Waals surface area contributed by atoms with Crippen LogP contribution in [0.2, 0.25) is 0 Å². The van der Waals surface area contributed by atoms with Gasteiger partial charge >= 0.3 is 0 Å². The Morgan fingerprint density at radius 3 is 2.39 bits per heavy atom. The average Bonchev–Trinajstić information content (AvgIpc) is 2.93. The largest absolute Gasteiger partial charge is 0.326 e. The molecule has 3 aromatic carbocycles. The number of fused-ring (bicyclic) bond motifs is 1. The van der Waals surface area contributed by atoms with E-state index in [1.807, 2.05) is 74.5 Å². The summed E-state index contributed by atoms with van der Waals surface area (Å²) in [5, 5.41) is 0. The molecule has 1 aliphatic heterocycles. The summed E-state index contributed by atoms with van der Waals surface area (Å²) in [5.41, 5.74) is 7.54. The molecule has 1 aliphatic carbocycles. The smallest absolute Gasteiger partial charge is 0.255 e. The average molecular weight is 576 g/mol. The maximum atomic E-state index is 14.3. The lowest BCUT2D eigenvalue weighted by Crippen LogP contribution is -2.59. The maximum Gasteiger partial charge on any atom is 0.255 e. The summed E-state index contributed by atoms with van der Waals surface area (Å²) >= 11 is 0. The molecule has 0 bridgehead atoms. The summed E-state index contributed by atoms with van der Waals surface area (Å²) in [5.74, 6) is -1.34. The quantitative estimate of drug-likeness (QED) is 0.379. The zero-order chi connectivity index (χ0) is 29.1. The van der Waals surface area contributed by atoms with Crippen molar-refractivity contribution in [1.82, 2.24) is 15.1 Å². The van der Waals surface area contributed by atoms with Gasteiger partial charge in [-0.05, 0) is 55.0 Å². The molecule has 1 heterocycles. The second-order valence-corrected chi connectivity index (χ2v) is 13.0. The van der Waals surface area contributed by atoms with E-state index in [0.717, 1.165) is 41.4 Å². The van der Waals surface area contributed by atoms with Crippen LogP contribution < -0.4 is 10.2 Å². The summed E-state index contributed by atoms with van der Waals surface area (Å²) in [6.45, 7) is 4.19. The molecule has 0 unspecified atom stereocenters. The lowest BCUT2D eigenvalue weighted by molar-refractivity contribution is -0.138. The monoisotopic (exact) mass is 575 g/mol. The predicted molar refractivity (Wildman–Crippen MR) is 157 cm³/mol. The molecule has 2 aliphatic rings. The van der Waals surface area contributed by atoms with Crippen LogP contribution in [0.15, 0.2) is 72.8 Å². The standard InChI is InChI=1S/C32H37N3O5S/c1-21-17-18-24(22(2)19-21)30-29(31(36)33-40-20-23-11-5-4-6-12-23)25-13-7-8-14-26(25)32(37)35(30)28-16-10-9-15-27(28)34-41(3,38)39/h4-8,11-14,17-19,27-30,34H,9-10,15-16,20H2,1-3H3,(H,33,36)/t27-,28-,29+,30-/m0/s1. The fraction of sp³-hybridized carbons (Fsp3) is 0.375. The van der Waals surface area contributed by atoms with E-state index in [-0.39, 0.29) is 18.4 Å². The van der Waals surface area contributed by atoms with Crippen LogP contribution in [0.5, 0.6) is 0 Å². The summed E-state index contributed by atoms with van der Waals surface area (Å²) < 4.78 is 27.5. The molecule has 4 atom stereocenters. The van der Waals surface area contributed by atoms with Gasteiger partial charge in [-0.3, -0.25) is 14.4 Å². The van der Waals surface area contributed by atoms with E-state index in [1.54, 1.807) is 17.0 Å². The molecule has 0 spiro atoms. The fourth-order valence-corrected chi connectivity index (χ4v) is 7.20. The number of nitrogens with one attached hydrogen (secondary N) is 2. The van der Waals surface area contributed by atoms with E-state index < -0.39 is 34.1 Å². The highest BCUT2D eigenvalue weighted by Crippen LogP contribution is 2.46. The van der Waals surface area contributed by atoms with Gasteiger partial charge in [-0.15, -0.1) is 0 Å². The van der Waals surface area contributed by atoms with E-state index in [2.05, 4.69) is 10.2 Å². The van der Waals surface area contributed by atoms with Crippen LogP contribution in [-0.2, 0) is 26.3 Å². The first-order chi connectivity index (χ1) is 19.6. The maximum absolute atomic E-state index is 14.3. The van der Waals surface area contributed by atoms with Crippen molar-refractivity contribution >= 4 is 21.8 Å². The van der Waals surface area contributed by atoms with Crippen LogP contribution in [0.3, 0.4) is 0 Å². The minimum absolute atomic E-state index is 0.195. The van der Waals surface area contributed by atoms with Gasteiger partial charge in [0, 0.05) is 17.6 Å². The van der Waals surface area contributed by atoms with E-state index in [9.17, 15) is 18.0 Å². The van der Waals surface area contributed by atoms with Gasteiger partial charge in [0.2, 0.25) is 10.0 Å². The SMILES string of the molecule is Cc1ccc([C@H]2[C@H](C(=O)NOCc3ccccc3)c3ccccc3C(=O)N2[C@H]2CCCC[C@@H]2NS(C)(=O)=O)c(C)c1. The third-order valence-corrected chi connectivity index (χ3v) is 8.84. The fourth-order valence-electron chi connectivity index (χ4n) is 6.37. The number of benzene rings is 3. The molecule has 2 N–H and O–H groups in total. The summed E-state index contributed by atoms with van der Waals surface area (Å²) in [4.78, 5) is 35.9. The van der Waals surface area contributed by atoms with Gasteiger partial charge in [-0.25, -0.2) is 18.6 Å². The zero-order valence-corrected chi connectivity index (χ0v) is 24.5. The number of carbonyl (C=O) groups is 2. The van der Waals surface area contributed by atoms with E-state index >= 15 is 0 Å². The molecule has 8 nitrogen and oxygen atoms in total. The highest BCUT2D eigenvalue weighted by molar-refractivity contribution is 7.88. The molecule has 216 valence electrons. The summed E-state index contributed by atoms with van der Waals surface area (Å²) in [6, 6.07) is 21.2. The molecule has 5 rings (SSSR count). The molecular weight excluding hydrogens is 538 g/mol. The number of hydrogen-bond donors (Lipinski definition) is 2. The van der Waals surface area contributed by atoms with Crippen molar-refractivity contribution in [2.24, 2.45) is 0 Å². The Kier molecular flexibility index (Phi) is 8.58. The number of carbonyl (C=O) groups excluding carboxylic acids is 2. The van der Waals surface area contributed by atoms with Crippen molar-refractivity contribution in [3.05, 3.63) is 106 Å². The Labute approximate surface area is 242 Å². The van der Waals surface area contributed by atoms with Gasteiger partial charge in [0.25, 0.3) is 11.8 Å². The van der Waals surface area contributed by atoms with Gasteiger partial charge in [0.1, 0.15) is 0 Å². The molecule has 1 saturated carbocycles. The van der Waals surface area contributed by atoms with Gasteiger partial charge in [0.15, 0.2) is 0 Å². The molecule has 2 amide bonds. The van der Waals surface area contributed by atoms with Crippen molar-refractivity contribution in [3.8, 4) is 0 Å². The van der Waals surface area contributed by atoms with E-state index in [0.29, 0.717) is 24.0 Å². The predicted octanol–water partition coefficient (Wildman–Crippen LogP) is 4.69. The number of aryl methyl sites for hydroxylation is 2. The second kappa shape index (κ2) is 12.1. The van der Waals surface area contributed by atoms with Crippen LogP contribution in [0.1, 0.15) is 75.8 Å². The Hall–Kier alpha value is -3.53. The van der Waals surface area contributed by atoms with Crippen molar-refractivity contribution in [3.63, 3.8) is 0 Å². The second-order valence-electron chi connectivity index (χ2n) is 11.2. The Bertz CT molecular complexity index is 1530. The third kappa shape index (κ3) is 6.37. The molecule has 41 heavy (non-hydrogen) atoms. The Morgan fingerprint density at radius 2 is 1.66 bits per heavy atom. The summed E-state index contributed by atoms with van der Waals surface area (Å²) in [7, 11) is -3.52. The van der Waals surface area contributed by atoms with Gasteiger partial charge < -0.3 is 4.90 Å². The number of hydroxylamine groups is 1. The zero-order valence-electron chi connectivity index (χ0n) is 23.7. The van der Waals surface area contributed by atoms with E-state index in [1.165, 1.54) is 0 Å². The topological polar surface area (TPSA) is 105 Å². The lowest BCUT2D eigenvalue weighted by Gasteiger charge is -2.49.